The smallest absolute Gasteiger partial charge is 0.356 e. The Labute approximate surface area is 243 Å². The molecule has 1 atom stereocenters. The number of halogens is 1. The third-order valence-corrected chi connectivity index (χ3v) is 6.91. The maximum Gasteiger partial charge on any atom is 0.356 e. The maximum atomic E-state index is 13.1. The molecule has 12 nitrogen and oxygen atoms in total. The van der Waals surface area contributed by atoms with Crippen LogP contribution in [-0.4, -0.2) is 48.9 Å². The highest BCUT2D eigenvalue weighted by Crippen LogP contribution is 2.34. The molecule has 13 heteroatoms. The van der Waals surface area contributed by atoms with Crippen LogP contribution < -0.4 is 32.6 Å². The quantitative estimate of drug-likeness (QED) is 0.0603. The fourth-order valence-electron chi connectivity index (χ4n) is 4.62. The van der Waals surface area contributed by atoms with Crippen LogP contribution in [0.3, 0.4) is 0 Å². The summed E-state index contributed by atoms with van der Waals surface area (Å²) in [6.45, 7) is 0.750. The maximum absolute atomic E-state index is 13.1. The van der Waals surface area contributed by atoms with Crippen molar-refractivity contribution in [2.24, 2.45) is 16.8 Å². The number of benzene rings is 2. The van der Waals surface area contributed by atoms with E-state index in [0.717, 1.165) is 42.7 Å². The van der Waals surface area contributed by atoms with Crippen molar-refractivity contribution < 1.29 is 14.3 Å². The van der Waals surface area contributed by atoms with E-state index >= 15 is 0 Å². The number of hydrogen-bond donors (Lipinski definition) is 6. The number of H-pyrrole nitrogens is 1. The zero-order valence-corrected chi connectivity index (χ0v) is 23.7. The Morgan fingerprint density at radius 1 is 1.22 bits per heavy atom. The Kier molecular flexibility index (Phi) is 9.82. The topological polar surface area (TPSA) is 176 Å². The first-order valence-corrected chi connectivity index (χ1v) is 13.5. The van der Waals surface area contributed by atoms with Gasteiger partial charge in [-0.25, -0.2) is 15.6 Å². The molecule has 3 aromatic rings. The number of nitrogens with zero attached hydrogens (tertiary/aromatic N) is 3. The second-order valence-electron chi connectivity index (χ2n) is 9.39. The lowest BCUT2D eigenvalue weighted by Gasteiger charge is -2.18. The van der Waals surface area contributed by atoms with Crippen LogP contribution in [0.25, 0.3) is 17.3 Å². The standard InChI is InChI=1S/C28H34ClN9O3/c1-32-19-9-10-20-22(15-19)33-13-5-3-4-6-21(27-36-25(20)26(37-27)28(40)41-2)35-24(39)12-7-17-14-18(29)8-11-23(17)38(31)16-34-30/h7-12,14-16,21,32-33H,3-6,13,30-31H2,1-2H3,(H,35,39)(H,36,37)/b12-7+,34-16-. The molecule has 0 saturated carbocycles. The average molecular weight is 580 g/mol. The first-order chi connectivity index (χ1) is 19.8. The number of methoxy groups -OCH3 is 1. The van der Waals surface area contributed by atoms with Crippen LogP contribution in [0.1, 0.15) is 53.6 Å². The number of anilines is 3. The van der Waals surface area contributed by atoms with Gasteiger partial charge >= 0.3 is 5.97 Å². The van der Waals surface area contributed by atoms with Crippen LogP contribution in [0.4, 0.5) is 17.1 Å². The molecule has 4 rings (SSSR count). The minimum absolute atomic E-state index is 0.213. The molecule has 216 valence electrons. The summed E-state index contributed by atoms with van der Waals surface area (Å²) >= 11 is 6.18. The van der Waals surface area contributed by atoms with Gasteiger partial charge in [-0.1, -0.05) is 24.4 Å². The minimum Gasteiger partial charge on any atom is -0.464 e. The summed E-state index contributed by atoms with van der Waals surface area (Å²) in [6.07, 6.45) is 7.56. The number of esters is 1. The van der Waals surface area contributed by atoms with Gasteiger partial charge in [0, 0.05) is 47.2 Å². The number of carbonyl (C=O) groups excluding carboxylic acids is 2. The van der Waals surface area contributed by atoms with Gasteiger partial charge in [-0.2, -0.15) is 5.10 Å². The van der Waals surface area contributed by atoms with Crippen LogP contribution in [0, 0.1) is 0 Å². The van der Waals surface area contributed by atoms with E-state index in [-0.39, 0.29) is 11.6 Å². The molecule has 1 amide bonds. The fourth-order valence-corrected chi connectivity index (χ4v) is 4.80. The number of imidazole rings is 1. The van der Waals surface area contributed by atoms with Crippen molar-refractivity contribution in [3.63, 3.8) is 0 Å². The van der Waals surface area contributed by atoms with Crippen molar-refractivity contribution in [2.75, 3.05) is 36.3 Å². The predicted molar refractivity (Wildman–Crippen MR) is 163 cm³/mol. The van der Waals surface area contributed by atoms with Crippen LogP contribution >= 0.6 is 11.6 Å². The first kappa shape index (κ1) is 29.4. The Morgan fingerprint density at radius 2 is 2.05 bits per heavy atom. The number of amides is 1. The fraction of sp³-hybridized carbons (Fsp3) is 0.286. The Hall–Kier alpha value is -4.55. The van der Waals surface area contributed by atoms with Crippen LogP contribution in [0.15, 0.2) is 47.6 Å². The summed E-state index contributed by atoms with van der Waals surface area (Å²) in [4.78, 5) is 33.9. The number of rotatable bonds is 7. The molecule has 2 aromatic carbocycles. The molecule has 0 fully saturated rings. The Morgan fingerprint density at radius 3 is 2.80 bits per heavy atom. The molecule has 0 spiro atoms. The molecule has 1 aliphatic heterocycles. The zero-order valence-electron chi connectivity index (χ0n) is 22.9. The van der Waals surface area contributed by atoms with Gasteiger partial charge in [0.05, 0.1) is 18.8 Å². The van der Waals surface area contributed by atoms with Gasteiger partial charge in [-0.3, -0.25) is 9.80 Å². The predicted octanol–water partition coefficient (Wildman–Crippen LogP) is 4.00. The lowest BCUT2D eigenvalue weighted by molar-refractivity contribution is -0.117. The highest BCUT2D eigenvalue weighted by molar-refractivity contribution is 6.30. The van der Waals surface area contributed by atoms with E-state index in [4.69, 9.17) is 33.0 Å². The summed E-state index contributed by atoms with van der Waals surface area (Å²) < 4.78 is 5.05. The largest absolute Gasteiger partial charge is 0.464 e. The number of hydrazine groups is 1. The number of aromatic amines is 1. The molecule has 41 heavy (non-hydrogen) atoms. The summed E-state index contributed by atoms with van der Waals surface area (Å²) in [5, 5.41) is 14.8. The normalized spacial score (nSPS) is 15.4. The summed E-state index contributed by atoms with van der Waals surface area (Å²) in [7, 11) is 3.17. The molecule has 1 aromatic heterocycles. The third kappa shape index (κ3) is 7.16. The number of nitrogens with two attached hydrogens (primary N) is 2. The number of nitrogens with one attached hydrogen (secondary N) is 4. The molecule has 0 aliphatic carbocycles. The summed E-state index contributed by atoms with van der Waals surface area (Å²) in [6, 6.07) is 10.4. The highest BCUT2D eigenvalue weighted by Gasteiger charge is 2.26. The molecular weight excluding hydrogens is 546 g/mol. The number of hydrazone groups is 1. The van der Waals surface area contributed by atoms with Gasteiger partial charge in [0.1, 0.15) is 17.9 Å². The van der Waals surface area contributed by atoms with E-state index in [1.165, 1.54) is 24.5 Å². The van der Waals surface area contributed by atoms with E-state index in [1.807, 2.05) is 25.2 Å². The van der Waals surface area contributed by atoms with Gasteiger partial charge in [0.2, 0.25) is 5.91 Å². The van der Waals surface area contributed by atoms with Gasteiger partial charge in [0.25, 0.3) is 0 Å². The van der Waals surface area contributed by atoms with Crippen molar-refractivity contribution in [3.8, 4) is 11.3 Å². The summed E-state index contributed by atoms with van der Waals surface area (Å²) in [5.74, 6) is 10.8. The second-order valence-corrected chi connectivity index (χ2v) is 9.83. The Balaban J connectivity index is 1.67. The van der Waals surface area contributed by atoms with E-state index in [1.54, 1.807) is 24.3 Å². The zero-order chi connectivity index (χ0) is 29.4. The summed E-state index contributed by atoms with van der Waals surface area (Å²) in [5.41, 5.74) is 4.31. The van der Waals surface area contributed by atoms with Gasteiger partial charge in [0.15, 0.2) is 5.69 Å². The van der Waals surface area contributed by atoms with Crippen LogP contribution in [0.2, 0.25) is 5.02 Å². The van der Waals surface area contributed by atoms with Crippen molar-refractivity contribution in [1.29, 1.82) is 0 Å². The average Bonchev–Trinajstić information content (AvgIpc) is 3.41. The lowest BCUT2D eigenvalue weighted by Crippen LogP contribution is -2.30. The molecule has 2 bridgehead atoms. The van der Waals surface area contributed by atoms with Crippen molar-refractivity contribution in [1.82, 2.24) is 15.3 Å². The molecule has 1 aliphatic rings. The highest BCUT2D eigenvalue weighted by atomic mass is 35.5. The SMILES string of the molecule is CNc1ccc2c(c1)NCCCCCC(NC(=O)/C=C/c1cc(Cl)ccc1N(N)/C=N\N)c1nc-2c(C(=O)OC)[nH]1. The number of carbonyl (C=O) groups is 2. The minimum atomic E-state index is -0.553. The molecule has 8 N–H and O–H groups in total. The molecule has 2 heterocycles. The van der Waals surface area contributed by atoms with Gasteiger partial charge < -0.3 is 31.5 Å². The third-order valence-electron chi connectivity index (χ3n) is 6.68. The van der Waals surface area contributed by atoms with Gasteiger partial charge in [-0.05, 0) is 55.3 Å². The van der Waals surface area contributed by atoms with E-state index in [2.05, 4.69) is 26.0 Å². The number of ether oxygens (including phenoxy) is 1. The van der Waals surface area contributed by atoms with Crippen molar-refractivity contribution in [3.05, 3.63) is 64.6 Å². The molecular formula is C28H34ClN9O3. The number of fused-ring (bicyclic) bond motifs is 4. The van der Waals surface area contributed by atoms with Crippen molar-refractivity contribution >= 4 is 53.0 Å². The van der Waals surface area contributed by atoms with Gasteiger partial charge in [-0.15, -0.1) is 0 Å². The van der Waals surface area contributed by atoms with Crippen LogP contribution in [-0.2, 0) is 9.53 Å². The number of aromatic nitrogens is 2. The monoisotopic (exact) mass is 579 g/mol. The van der Waals surface area contributed by atoms with E-state index in [0.29, 0.717) is 34.2 Å². The van der Waals surface area contributed by atoms with E-state index in [9.17, 15) is 9.59 Å². The molecule has 0 saturated heterocycles. The van der Waals surface area contributed by atoms with E-state index < -0.39 is 12.0 Å². The number of hydrogen-bond acceptors (Lipinski definition) is 9. The Bertz CT molecular complexity index is 1450. The lowest BCUT2D eigenvalue weighted by atomic mass is 10.0. The molecule has 1 unspecified atom stereocenters. The molecule has 0 radical (unpaired) electrons. The second kappa shape index (κ2) is 13.7. The van der Waals surface area contributed by atoms with Crippen molar-refractivity contribution in [2.45, 2.75) is 31.7 Å². The van der Waals surface area contributed by atoms with Crippen LogP contribution in [0.5, 0.6) is 0 Å². The first-order valence-electron chi connectivity index (χ1n) is 13.1.